The summed E-state index contributed by atoms with van der Waals surface area (Å²) in [4.78, 5) is 0. The number of hydrogen-bond donors (Lipinski definition) is 0. The molecule has 6 heteroatoms. The quantitative estimate of drug-likeness (QED) is 0.271. The Labute approximate surface area is 231 Å². The maximum atomic E-state index is 6.34. The summed E-state index contributed by atoms with van der Waals surface area (Å²) in [5.41, 5.74) is 3.66. The van der Waals surface area contributed by atoms with Crippen LogP contribution in [0.5, 0.6) is 46.0 Å². The molecule has 2 aliphatic heterocycles. The first kappa shape index (κ1) is 24.3. The largest absolute Gasteiger partial charge is 0.456 e. The third-order valence-corrected chi connectivity index (χ3v) is 6.76. The molecule has 190 valence electrons. The van der Waals surface area contributed by atoms with Crippen LogP contribution in [0.2, 0.25) is 0 Å². The Bertz CT molecular complexity index is 1560. The van der Waals surface area contributed by atoms with E-state index in [1.54, 1.807) is 24.3 Å². The van der Waals surface area contributed by atoms with Crippen LogP contribution in [0.25, 0.3) is 0 Å². The molecule has 6 nitrogen and oxygen atoms in total. The molecule has 2 aliphatic rings. The zero-order valence-corrected chi connectivity index (χ0v) is 20.8. The molecule has 6 rings (SSSR count). The minimum atomic E-state index is -0.237. The van der Waals surface area contributed by atoms with Gasteiger partial charge < -0.3 is 28.4 Å². The maximum absolute atomic E-state index is 6.34. The van der Waals surface area contributed by atoms with Crippen molar-refractivity contribution in [3.05, 3.63) is 95.1 Å². The van der Waals surface area contributed by atoms with Gasteiger partial charge in [-0.3, -0.25) is 0 Å². The standard InChI is InChI=1S/C34H18O6/c1-5-35-21-9-13-25-29(17-21)39-30-18-22(36-6-2)10-14-26(30)33(25)34-27-15-11-23(37-7-3)19-31(27)40-32-20-24(38-8-4)12-16-28(32)34/h1-4,9-20,33-34H. The topological polar surface area (TPSA) is 55.4 Å². The van der Waals surface area contributed by atoms with Gasteiger partial charge in [-0.2, -0.15) is 0 Å². The van der Waals surface area contributed by atoms with Gasteiger partial charge in [-0.15, -0.1) is 0 Å². The SMILES string of the molecule is C#COc1ccc2c(c1)Oc1cc(OC#C)ccc1C2C1c2ccc(OC#C)cc2Oc2cc(OC#C)ccc21. The van der Waals surface area contributed by atoms with E-state index >= 15 is 0 Å². The monoisotopic (exact) mass is 522 g/mol. The average Bonchev–Trinajstić information content (AvgIpc) is 2.95. The van der Waals surface area contributed by atoms with Crippen LogP contribution in [0.3, 0.4) is 0 Å². The third-order valence-electron chi connectivity index (χ3n) is 6.76. The maximum Gasteiger partial charge on any atom is 0.143 e. The molecule has 0 bridgehead atoms. The lowest BCUT2D eigenvalue weighted by Crippen LogP contribution is -2.22. The van der Waals surface area contributed by atoms with Gasteiger partial charge in [-0.05, 0) is 24.3 Å². The summed E-state index contributed by atoms with van der Waals surface area (Å²) in [6, 6.07) is 22.1. The predicted molar refractivity (Wildman–Crippen MR) is 147 cm³/mol. The number of benzene rings is 4. The van der Waals surface area contributed by atoms with Crippen molar-refractivity contribution >= 4 is 0 Å². The highest BCUT2D eigenvalue weighted by atomic mass is 16.5. The molecule has 4 aromatic rings. The molecule has 40 heavy (non-hydrogen) atoms. The van der Waals surface area contributed by atoms with Gasteiger partial charge in [0, 0.05) is 58.4 Å². The summed E-state index contributed by atoms with van der Waals surface area (Å²) in [6.45, 7) is 0. The zero-order chi connectivity index (χ0) is 27.6. The van der Waals surface area contributed by atoms with E-state index in [-0.39, 0.29) is 11.8 Å². The normalized spacial score (nSPS) is 12.6. The second-order valence-corrected chi connectivity index (χ2v) is 8.84. The summed E-state index contributed by atoms with van der Waals surface area (Å²) in [7, 11) is 0. The van der Waals surface area contributed by atoms with Crippen molar-refractivity contribution in [3.63, 3.8) is 0 Å². The van der Waals surface area contributed by atoms with Gasteiger partial charge in [-0.1, -0.05) is 50.0 Å². The smallest absolute Gasteiger partial charge is 0.143 e. The van der Waals surface area contributed by atoms with E-state index in [9.17, 15) is 0 Å². The molecule has 0 spiro atoms. The van der Waals surface area contributed by atoms with Crippen LogP contribution < -0.4 is 28.4 Å². The predicted octanol–water partition coefficient (Wildman–Crippen LogP) is 6.74. The lowest BCUT2D eigenvalue weighted by molar-refractivity contribution is 0.404. The second-order valence-electron chi connectivity index (χ2n) is 8.84. The van der Waals surface area contributed by atoms with Crippen LogP contribution in [-0.2, 0) is 0 Å². The summed E-state index contributed by atoms with van der Waals surface area (Å²) in [6.07, 6.45) is 30.3. The molecule has 4 aromatic carbocycles. The van der Waals surface area contributed by atoms with Crippen LogP contribution in [-0.4, -0.2) is 0 Å². The number of ether oxygens (including phenoxy) is 6. The molecule has 0 amide bonds. The van der Waals surface area contributed by atoms with Crippen LogP contribution >= 0.6 is 0 Å². The number of hydrogen-bond acceptors (Lipinski definition) is 6. The van der Waals surface area contributed by atoms with Crippen LogP contribution in [0.4, 0.5) is 0 Å². The van der Waals surface area contributed by atoms with Crippen molar-refractivity contribution in [2.75, 3.05) is 0 Å². The van der Waals surface area contributed by atoms with Gasteiger partial charge in [0.1, 0.15) is 70.4 Å². The highest BCUT2D eigenvalue weighted by Crippen LogP contribution is 2.58. The minimum Gasteiger partial charge on any atom is -0.456 e. The van der Waals surface area contributed by atoms with Crippen molar-refractivity contribution < 1.29 is 28.4 Å². The Hall–Kier alpha value is -6.08. The van der Waals surface area contributed by atoms with Gasteiger partial charge in [0.05, 0.1) is 0 Å². The lowest BCUT2D eigenvalue weighted by Gasteiger charge is -2.38. The van der Waals surface area contributed by atoms with Crippen LogP contribution in [0.1, 0.15) is 34.1 Å². The van der Waals surface area contributed by atoms with E-state index in [1.165, 1.54) is 0 Å². The van der Waals surface area contributed by atoms with E-state index in [0.29, 0.717) is 46.0 Å². The first-order valence-electron chi connectivity index (χ1n) is 12.0. The molecule has 0 N–H and O–H groups in total. The first-order chi connectivity index (χ1) is 19.6. The van der Waals surface area contributed by atoms with Gasteiger partial charge in [0.2, 0.25) is 0 Å². The van der Waals surface area contributed by atoms with Crippen molar-refractivity contribution in [3.8, 4) is 96.1 Å². The van der Waals surface area contributed by atoms with Gasteiger partial charge in [0.15, 0.2) is 0 Å². The number of terminal acetylenes is 4. The molecule has 0 saturated carbocycles. The van der Waals surface area contributed by atoms with Gasteiger partial charge in [0.25, 0.3) is 0 Å². The fourth-order valence-electron chi connectivity index (χ4n) is 5.26. The van der Waals surface area contributed by atoms with Crippen molar-refractivity contribution in [2.24, 2.45) is 0 Å². The molecule has 0 radical (unpaired) electrons. The van der Waals surface area contributed by atoms with E-state index in [2.05, 4.69) is 24.4 Å². The lowest BCUT2D eigenvalue weighted by atomic mass is 9.71. The fraction of sp³-hybridized carbons (Fsp3) is 0.0588. The number of rotatable bonds is 5. The van der Waals surface area contributed by atoms with Crippen LogP contribution in [0.15, 0.2) is 72.8 Å². The van der Waals surface area contributed by atoms with Crippen molar-refractivity contribution in [1.29, 1.82) is 0 Å². The number of fused-ring (bicyclic) bond motifs is 4. The first-order valence-corrected chi connectivity index (χ1v) is 12.0. The molecule has 0 unspecified atom stereocenters. The van der Waals surface area contributed by atoms with Crippen molar-refractivity contribution in [2.45, 2.75) is 11.8 Å². The van der Waals surface area contributed by atoms with Gasteiger partial charge in [-0.25, -0.2) is 0 Å². The summed E-state index contributed by atoms with van der Waals surface area (Å²) < 4.78 is 33.9. The van der Waals surface area contributed by atoms with Crippen molar-refractivity contribution in [1.82, 2.24) is 0 Å². The average molecular weight is 523 g/mol. The highest BCUT2D eigenvalue weighted by Gasteiger charge is 2.40. The molecule has 0 fully saturated rings. The third kappa shape index (κ3) is 4.13. The molecular formula is C34H18O6. The Morgan fingerprint density at radius 3 is 0.900 bits per heavy atom. The highest BCUT2D eigenvalue weighted by molar-refractivity contribution is 5.65. The summed E-state index contributed by atoms with van der Waals surface area (Å²) >= 11 is 0. The van der Waals surface area contributed by atoms with E-state index in [1.807, 2.05) is 48.5 Å². The zero-order valence-electron chi connectivity index (χ0n) is 20.8. The Morgan fingerprint density at radius 2 is 0.675 bits per heavy atom. The molecule has 0 atom stereocenters. The second kappa shape index (κ2) is 10.00. The van der Waals surface area contributed by atoms with Gasteiger partial charge >= 0.3 is 0 Å². The summed E-state index contributed by atoms with van der Waals surface area (Å²) in [5.74, 6) is 3.74. The van der Waals surface area contributed by atoms with E-state index in [4.69, 9.17) is 54.1 Å². The molecular weight excluding hydrogens is 504 g/mol. The Kier molecular flexibility index (Phi) is 6.07. The van der Waals surface area contributed by atoms with E-state index in [0.717, 1.165) is 22.3 Å². The molecule has 0 aliphatic carbocycles. The molecule has 2 heterocycles. The summed E-state index contributed by atoms with van der Waals surface area (Å²) in [5, 5.41) is 0. The fourth-order valence-corrected chi connectivity index (χ4v) is 5.26. The molecule has 0 aromatic heterocycles. The van der Waals surface area contributed by atoms with Crippen LogP contribution in [0, 0.1) is 50.1 Å². The van der Waals surface area contributed by atoms with E-state index < -0.39 is 0 Å². The Balaban J connectivity index is 1.59. The Morgan fingerprint density at radius 1 is 0.425 bits per heavy atom. The minimum absolute atomic E-state index is 0.237. The molecule has 0 saturated heterocycles.